The molecule has 0 N–H and O–H groups in total. The van der Waals surface area contributed by atoms with Crippen molar-refractivity contribution in [2.75, 3.05) is 5.88 Å². The molecule has 0 atom stereocenters. The predicted octanol–water partition coefficient (Wildman–Crippen LogP) is 4.58. The summed E-state index contributed by atoms with van der Waals surface area (Å²) in [5.41, 5.74) is 6.52. The molecule has 19 heavy (non-hydrogen) atoms. The Balaban J connectivity index is 2.21. The molecule has 0 unspecified atom stereocenters. The largest absolute Gasteiger partial charge is 0.113 e. The lowest BCUT2D eigenvalue weighted by atomic mass is 9.82. The molecule has 0 spiro atoms. The molecule has 0 amide bonds. The van der Waals surface area contributed by atoms with Crippen molar-refractivity contribution in [1.82, 2.24) is 0 Å². The molecule has 0 saturated carbocycles. The van der Waals surface area contributed by atoms with Crippen LogP contribution in [0.15, 0.2) is 42.5 Å². The molecule has 1 aliphatic carbocycles. The van der Waals surface area contributed by atoms with Gasteiger partial charge >= 0.3 is 0 Å². The second kappa shape index (κ2) is 4.44. The lowest BCUT2D eigenvalue weighted by Gasteiger charge is -2.21. The fraction of sp³-hybridized carbons (Fsp3) is 0.222. The highest BCUT2D eigenvalue weighted by atomic mass is 35.5. The van der Waals surface area contributed by atoms with E-state index < -0.39 is 0 Å². The molecule has 0 bridgehead atoms. The average molecular weight is 267 g/mol. The molecule has 1 aliphatic rings. The third kappa shape index (κ3) is 1.86. The van der Waals surface area contributed by atoms with Crippen LogP contribution in [0.4, 0.5) is 0 Å². The van der Waals surface area contributed by atoms with Gasteiger partial charge < -0.3 is 0 Å². The van der Waals surface area contributed by atoms with Gasteiger partial charge in [0.2, 0.25) is 0 Å². The summed E-state index contributed by atoms with van der Waals surface area (Å²) in [6.45, 7) is 4.55. The maximum Gasteiger partial charge on any atom is 0.0839 e. The van der Waals surface area contributed by atoms with Crippen LogP contribution in [-0.2, 0) is 5.41 Å². The van der Waals surface area contributed by atoms with Gasteiger partial charge in [-0.1, -0.05) is 56.0 Å². The van der Waals surface area contributed by atoms with Crippen LogP contribution in [0.5, 0.6) is 0 Å². The summed E-state index contributed by atoms with van der Waals surface area (Å²) >= 11 is 5.62. The summed E-state index contributed by atoms with van der Waals surface area (Å²) in [6.07, 6.45) is 0. The lowest BCUT2D eigenvalue weighted by Crippen LogP contribution is -2.14. The number of alkyl halides is 1. The summed E-state index contributed by atoms with van der Waals surface area (Å²) in [7, 11) is 0. The van der Waals surface area contributed by atoms with Gasteiger partial charge in [-0.25, -0.2) is 0 Å². The number of fused-ring (bicyclic) bond motifs is 3. The van der Waals surface area contributed by atoms with Gasteiger partial charge in [0.25, 0.3) is 0 Å². The van der Waals surface area contributed by atoms with Gasteiger partial charge in [0, 0.05) is 11.0 Å². The molecular weight excluding hydrogens is 252 g/mol. The minimum atomic E-state index is 0.0462. The molecule has 2 aromatic rings. The minimum Gasteiger partial charge on any atom is -0.113 e. The van der Waals surface area contributed by atoms with Crippen molar-refractivity contribution in [1.29, 1.82) is 0 Å². The highest BCUT2D eigenvalue weighted by molar-refractivity contribution is 6.19. The van der Waals surface area contributed by atoms with E-state index in [0.717, 1.165) is 5.56 Å². The normalized spacial score (nSPS) is 14.3. The molecule has 0 fully saturated rings. The smallest absolute Gasteiger partial charge is 0.0839 e. The zero-order valence-electron chi connectivity index (χ0n) is 11.1. The van der Waals surface area contributed by atoms with E-state index in [1.165, 1.54) is 22.3 Å². The first-order chi connectivity index (χ1) is 9.14. The summed E-state index contributed by atoms with van der Waals surface area (Å²) in [5, 5.41) is 0. The van der Waals surface area contributed by atoms with E-state index in [-0.39, 0.29) is 5.41 Å². The van der Waals surface area contributed by atoms with E-state index in [1.807, 2.05) is 0 Å². The van der Waals surface area contributed by atoms with E-state index in [4.69, 9.17) is 11.6 Å². The predicted molar refractivity (Wildman–Crippen MR) is 81.6 cm³/mol. The molecule has 0 saturated heterocycles. The Labute approximate surface area is 119 Å². The average Bonchev–Trinajstić information content (AvgIpc) is 2.66. The fourth-order valence-electron chi connectivity index (χ4n) is 2.92. The third-order valence-corrected chi connectivity index (χ3v) is 4.02. The van der Waals surface area contributed by atoms with Gasteiger partial charge in [0.05, 0.1) is 5.88 Å². The molecule has 94 valence electrons. The SMILES string of the molecule is CC1(C)c2ccccc2-c2ccc(C#CCCl)cc21. The van der Waals surface area contributed by atoms with E-state index in [0.29, 0.717) is 5.88 Å². The van der Waals surface area contributed by atoms with Crippen LogP contribution < -0.4 is 0 Å². The monoisotopic (exact) mass is 266 g/mol. The first-order valence-electron chi connectivity index (χ1n) is 6.44. The number of hydrogen-bond donors (Lipinski definition) is 0. The van der Waals surface area contributed by atoms with E-state index in [9.17, 15) is 0 Å². The van der Waals surface area contributed by atoms with Crippen molar-refractivity contribution in [2.24, 2.45) is 0 Å². The zero-order valence-corrected chi connectivity index (χ0v) is 11.9. The Morgan fingerprint density at radius 3 is 2.53 bits per heavy atom. The summed E-state index contributed by atoms with van der Waals surface area (Å²) in [5.74, 6) is 6.40. The van der Waals surface area contributed by atoms with Gasteiger partial charge in [0.15, 0.2) is 0 Å². The van der Waals surface area contributed by atoms with Gasteiger partial charge in [-0.05, 0) is 34.4 Å². The Hall–Kier alpha value is -1.71. The molecule has 2 aromatic carbocycles. The number of benzene rings is 2. The first-order valence-corrected chi connectivity index (χ1v) is 6.97. The molecule has 0 radical (unpaired) electrons. The number of hydrogen-bond acceptors (Lipinski definition) is 0. The second-order valence-electron chi connectivity index (χ2n) is 5.37. The van der Waals surface area contributed by atoms with Gasteiger partial charge in [0.1, 0.15) is 0 Å². The molecule has 0 heterocycles. The minimum absolute atomic E-state index is 0.0462. The van der Waals surface area contributed by atoms with Crippen LogP contribution in [0.3, 0.4) is 0 Å². The molecule has 0 aromatic heterocycles. The molecular formula is C18H15Cl. The van der Waals surface area contributed by atoms with Gasteiger partial charge in [-0.3, -0.25) is 0 Å². The number of halogens is 1. The highest BCUT2D eigenvalue weighted by Gasteiger charge is 2.34. The highest BCUT2D eigenvalue weighted by Crippen LogP contribution is 2.48. The summed E-state index contributed by atoms with van der Waals surface area (Å²) < 4.78 is 0. The zero-order chi connectivity index (χ0) is 13.5. The van der Waals surface area contributed by atoms with Crippen LogP contribution >= 0.6 is 11.6 Å². The van der Waals surface area contributed by atoms with Crippen LogP contribution in [0, 0.1) is 11.8 Å². The van der Waals surface area contributed by atoms with Crippen molar-refractivity contribution in [3.63, 3.8) is 0 Å². The lowest BCUT2D eigenvalue weighted by molar-refractivity contribution is 0.660. The van der Waals surface area contributed by atoms with E-state index >= 15 is 0 Å². The fourth-order valence-corrected chi connectivity index (χ4v) is 2.98. The standard InChI is InChI=1S/C18H15Cl/c1-18(2)16-8-4-3-7-14(16)15-10-9-13(6-5-11-19)12-17(15)18/h3-4,7-10,12H,11H2,1-2H3. The topological polar surface area (TPSA) is 0 Å². The Morgan fingerprint density at radius 2 is 1.74 bits per heavy atom. The quantitative estimate of drug-likeness (QED) is 0.484. The van der Waals surface area contributed by atoms with E-state index in [1.54, 1.807) is 0 Å². The molecule has 1 heteroatoms. The maximum atomic E-state index is 5.62. The molecule has 0 aliphatic heterocycles. The van der Waals surface area contributed by atoms with Gasteiger partial charge in [-0.15, -0.1) is 11.6 Å². The Kier molecular flexibility index (Phi) is 2.88. The summed E-state index contributed by atoms with van der Waals surface area (Å²) in [6, 6.07) is 15.1. The third-order valence-electron chi connectivity index (χ3n) is 3.88. The van der Waals surface area contributed by atoms with E-state index in [2.05, 4.69) is 68.2 Å². The van der Waals surface area contributed by atoms with Crippen molar-refractivity contribution >= 4 is 11.6 Å². The van der Waals surface area contributed by atoms with Crippen LogP contribution in [0.2, 0.25) is 0 Å². The van der Waals surface area contributed by atoms with Crippen molar-refractivity contribution < 1.29 is 0 Å². The van der Waals surface area contributed by atoms with Crippen LogP contribution in [-0.4, -0.2) is 5.88 Å². The Bertz CT molecular complexity index is 699. The Morgan fingerprint density at radius 1 is 1.00 bits per heavy atom. The van der Waals surface area contributed by atoms with Gasteiger partial charge in [-0.2, -0.15) is 0 Å². The molecule has 0 nitrogen and oxygen atoms in total. The van der Waals surface area contributed by atoms with Crippen LogP contribution in [0.1, 0.15) is 30.5 Å². The first kappa shape index (κ1) is 12.3. The maximum absolute atomic E-state index is 5.62. The molecule has 3 rings (SSSR count). The van der Waals surface area contributed by atoms with Crippen molar-refractivity contribution in [2.45, 2.75) is 19.3 Å². The number of rotatable bonds is 0. The van der Waals surface area contributed by atoms with Crippen molar-refractivity contribution in [3.05, 3.63) is 59.2 Å². The second-order valence-corrected chi connectivity index (χ2v) is 5.63. The summed E-state index contributed by atoms with van der Waals surface area (Å²) in [4.78, 5) is 0. The van der Waals surface area contributed by atoms with Crippen molar-refractivity contribution in [3.8, 4) is 23.0 Å². The van der Waals surface area contributed by atoms with Crippen LogP contribution in [0.25, 0.3) is 11.1 Å².